The van der Waals surface area contributed by atoms with E-state index in [1.807, 2.05) is 6.92 Å². The number of amides is 2. The molecule has 1 aliphatic rings. The van der Waals surface area contributed by atoms with Crippen molar-refractivity contribution >= 4 is 11.8 Å². The van der Waals surface area contributed by atoms with E-state index in [0.29, 0.717) is 32.6 Å². The Balaban J connectivity index is 2.21. The van der Waals surface area contributed by atoms with E-state index in [1.54, 1.807) is 11.9 Å². The van der Waals surface area contributed by atoms with E-state index in [-0.39, 0.29) is 17.9 Å². The van der Waals surface area contributed by atoms with Gasteiger partial charge in [-0.25, -0.2) is 0 Å². The molecule has 1 atom stereocenters. The van der Waals surface area contributed by atoms with Crippen LogP contribution >= 0.6 is 0 Å². The minimum absolute atomic E-state index is 0.00111. The lowest BCUT2D eigenvalue weighted by Gasteiger charge is -2.30. The molecule has 1 fully saturated rings. The molecule has 0 aliphatic carbocycles. The zero-order valence-corrected chi connectivity index (χ0v) is 9.99. The quantitative estimate of drug-likeness (QED) is 0.681. The number of ether oxygens (including phenoxy) is 1. The highest BCUT2D eigenvalue weighted by Crippen LogP contribution is 2.09. The van der Waals surface area contributed by atoms with Gasteiger partial charge in [-0.05, 0) is 13.3 Å². The van der Waals surface area contributed by atoms with Crippen molar-refractivity contribution in [2.24, 2.45) is 0 Å². The zero-order chi connectivity index (χ0) is 12.0. The van der Waals surface area contributed by atoms with E-state index in [4.69, 9.17) is 4.74 Å². The molecular formula is C11H20N2O3. The average Bonchev–Trinajstić information content (AvgIpc) is 2.24. The molecule has 0 aromatic carbocycles. The van der Waals surface area contributed by atoms with Gasteiger partial charge in [0.25, 0.3) is 0 Å². The van der Waals surface area contributed by atoms with Crippen molar-refractivity contribution in [2.45, 2.75) is 32.2 Å². The van der Waals surface area contributed by atoms with Crippen LogP contribution in [-0.2, 0) is 14.3 Å². The van der Waals surface area contributed by atoms with E-state index >= 15 is 0 Å². The predicted octanol–water partition coefficient (Wildman–Crippen LogP) is 0.150. The number of carbonyl (C=O) groups excluding carboxylic acids is 2. The van der Waals surface area contributed by atoms with Crippen LogP contribution in [0.15, 0.2) is 0 Å². The van der Waals surface area contributed by atoms with Crippen LogP contribution in [0.2, 0.25) is 0 Å². The summed E-state index contributed by atoms with van der Waals surface area (Å²) in [6.45, 7) is 3.61. The Morgan fingerprint density at radius 2 is 2.38 bits per heavy atom. The molecule has 0 radical (unpaired) electrons. The number of nitrogens with one attached hydrogen (secondary N) is 1. The van der Waals surface area contributed by atoms with E-state index in [2.05, 4.69) is 5.32 Å². The second-order valence-corrected chi connectivity index (χ2v) is 4.02. The van der Waals surface area contributed by atoms with E-state index in [0.717, 1.165) is 6.42 Å². The number of hydrogen-bond acceptors (Lipinski definition) is 3. The second kappa shape index (κ2) is 6.48. The van der Waals surface area contributed by atoms with Gasteiger partial charge in [0.15, 0.2) is 0 Å². The molecule has 1 saturated heterocycles. The minimum atomic E-state index is 0.00111. The molecule has 1 aliphatic heterocycles. The molecule has 92 valence electrons. The van der Waals surface area contributed by atoms with Gasteiger partial charge in [0.1, 0.15) is 0 Å². The van der Waals surface area contributed by atoms with Gasteiger partial charge in [-0.1, -0.05) is 0 Å². The number of piperidine rings is 1. The third kappa shape index (κ3) is 4.18. The van der Waals surface area contributed by atoms with Crippen molar-refractivity contribution in [1.29, 1.82) is 0 Å². The molecule has 0 bridgehead atoms. The monoisotopic (exact) mass is 228 g/mol. The Morgan fingerprint density at radius 1 is 1.62 bits per heavy atom. The Morgan fingerprint density at radius 3 is 3.00 bits per heavy atom. The van der Waals surface area contributed by atoms with Crippen molar-refractivity contribution in [3.8, 4) is 0 Å². The topological polar surface area (TPSA) is 58.6 Å². The minimum Gasteiger partial charge on any atom is -0.381 e. The molecule has 1 rings (SSSR count). The summed E-state index contributed by atoms with van der Waals surface area (Å²) in [7, 11) is 1.76. The first-order valence-electron chi connectivity index (χ1n) is 5.74. The summed E-state index contributed by atoms with van der Waals surface area (Å²) in [6, 6.07) is 0.0943. The van der Waals surface area contributed by atoms with Gasteiger partial charge in [0.05, 0.1) is 6.61 Å². The lowest BCUT2D eigenvalue weighted by atomic mass is 10.1. The lowest BCUT2D eigenvalue weighted by molar-refractivity contribution is -0.134. The van der Waals surface area contributed by atoms with Crippen LogP contribution in [0.4, 0.5) is 0 Å². The molecule has 2 amide bonds. The Bertz CT molecular complexity index is 256. The van der Waals surface area contributed by atoms with Gasteiger partial charge >= 0.3 is 0 Å². The number of likely N-dealkylation sites (tertiary alicyclic amines) is 1. The van der Waals surface area contributed by atoms with E-state index in [1.165, 1.54) is 0 Å². The maximum absolute atomic E-state index is 11.5. The third-order valence-electron chi connectivity index (χ3n) is 2.67. The van der Waals surface area contributed by atoms with Crippen molar-refractivity contribution in [3.05, 3.63) is 0 Å². The van der Waals surface area contributed by atoms with E-state index in [9.17, 15) is 9.59 Å². The van der Waals surface area contributed by atoms with E-state index < -0.39 is 0 Å². The van der Waals surface area contributed by atoms with Crippen molar-refractivity contribution in [2.75, 3.05) is 26.8 Å². The molecule has 0 aromatic heterocycles. The number of rotatable bonds is 5. The largest absolute Gasteiger partial charge is 0.381 e. The Kier molecular flexibility index (Phi) is 5.25. The van der Waals surface area contributed by atoms with Crippen molar-refractivity contribution in [1.82, 2.24) is 10.2 Å². The van der Waals surface area contributed by atoms with Gasteiger partial charge in [-0.15, -0.1) is 0 Å². The molecule has 5 nitrogen and oxygen atoms in total. The predicted molar refractivity (Wildman–Crippen MR) is 59.9 cm³/mol. The number of nitrogens with zero attached hydrogens (tertiary/aromatic N) is 1. The Labute approximate surface area is 96.1 Å². The molecule has 0 aromatic rings. The zero-order valence-electron chi connectivity index (χ0n) is 9.99. The average molecular weight is 228 g/mol. The summed E-state index contributed by atoms with van der Waals surface area (Å²) in [5, 5.41) is 2.92. The van der Waals surface area contributed by atoms with Crippen molar-refractivity contribution < 1.29 is 14.3 Å². The molecular weight excluding hydrogens is 208 g/mol. The Hall–Kier alpha value is -1.10. The first-order valence-corrected chi connectivity index (χ1v) is 5.74. The smallest absolute Gasteiger partial charge is 0.222 e. The molecule has 5 heteroatoms. The SMILES string of the molecule is CCOCCC(=O)N[C@@H]1CCC(=O)N(C)C1. The summed E-state index contributed by atoms with van der Waals surface area (Å²) in [5.74, 6) is 0.154. The highest BCUT2D eigenvalue weighted by atomic mass is 16.5. The molecule has 1 N–H and O–H groups in total. The highest BCUT2D eigenvalue weighted by Gasteiger charge is 2.23. The highest BCUT2D eigenvalue weighted by molar-refractivity contribution is 5.79. The van der Waals surface area contributed by atoms with Gasteiger partial charge in [0, 0.05) is 39.1 Å². The first-order chi connectivity index (χ1) is 7.63. The fourth-order valence-electron chi connectivity index (χ4n) is 1.74. The third-order valence-corrected chi connectivity index (χ3v) is 2.67. The van der Waals surface area contributed by atoms with Crippen LogP contribution in [0.5, 0.6) is 0 Å². The van der Waals surface area contributed by atoms with Gasteiger partial charge in [-0.3, -0.25) is 9.59 Å². The summed E-state index contributed by atoms with van der Waals surface area (Å²) in [6.07, 6.45) is 1.65. The summed E-state index contributed by atoms with van der Waals surface area (Å²) < 4.78 is 5.11. The molecule has 0 spiro atoms. The van der Waals surface area contributed by atoms with Crippen LogP contribution in [-0.4, -0.2) is 49.6 Å². The van der Waals surface area contributed by atoms with Gasteiger partial charge in [-0.2, -0.15) is 0 Å². The maximum Gasteiger partial charge on any atom is 0.222 e. The fourth-order valence-corrected chi connectivity index (χ4v) is 1.74. The van der Waals surface area contributed by atoms with Crippen LogP contribution in [0.1, 0.15) is 26.2 Å². The summed E-state index contributed by atoms with van der Waals surface area (Å²) in [4.78, 5) is 24.4. The van der Waals surface area contributed by atoms with Crippen LogP contribution in [0.3, 0.4) is 0 Å². The normalized spacial score (nSPS) is 21.0. The molecule has 1 heterocycles. The lowest BCUT2D eigenvalue weighted by Crippen LogP contribution is -2.48. The number of carbonyl (C=O) groups is 2. The van der Waals surface area contributed by atoms with Crippen LogP contribution in [0, 0.1) is 0 Å². The van der Waals surface area contributed by atoms with Crippen LogP contribution in [0.25, 0.3) is 0 Å². The fraction of sp³-hybridized carbons (Fsp3) is 0.818. The number of hydrogen-bond donors (Lipinski definition) is 1. The number of likely N-dealkylation sites (N-methyl/N-ethyl adjacent to an activating group) is 1. The van der Waals surface area contributed by atoms with Crippen LogP contribution < -0.4 is 5.32 Å². The standard InChI is InChI=1S/C11H20N2O3/c1-3-16-7-6-10(14)12-9-4-5-11(15)13(2)8-9/h9H,3-8H2,1-2H3,(H,12,14)/t9-/m1/s1. The molecule has 0 saturated carbocycles. The van der Waals surface area contributed by atoms with Gasteiger partial charge in [0.2, 0.25) is 11.8 Å². The molecule has 16 heavy (non-hydrogen) atoms. The second-order valence-electron chi connectivity index (χ2n) is 4.02. The van der Waals surface area contributed by atoms with Gasteiger partial charge < -0.3 is 15.0 Å². The maximum atomic E-state index is 11.5. The first kappa shape index (κ1) is 13.0. The summed E-state index contributed by atoms with van der Waals surface area (Å²) in [5.41, 5.74) is 0. The van der Waals surface area contributed by atoms with Crippen molar-refractivity contribution in [3.63, 3.8) is 0 Å². The summed E-state index contributed by atoms with van der Waals surface area (Å²) >= 11 is 0. The molecule has 0 unspecified atom stereocenters.